The zero-order valence-corrected chi connectivity index (χ0v) is 16.3. The highest BCUT2D eigenvalue weighted by Gasteiger charge is 2.10. The Morgan fingerprint density at radius 3 is 2.22 bits per heavy atom. The molecule has 0 aliphatic heterocycles. The summed E-state index contributed by atoms with van der Waals surface area (Å²) in [5.41, 5.74) is 1.95. The van der Waals surface area contributed by atoms with Crippen LogP contribution in [0.25, 0.3) is 0 Å². The van der Waals surface area contributed by atoms with E-state index in [9.17, 15) is 12.8 Å². The van der Waals surface area contributed by atoms with Gasteiger partial charge >= 0.3 is 0 Å². The van der Waals surface area contributed by atoms with Crippen molar-refractivity contribution in [1.82, 2.24) is 15.4 Å². The number of nitrogens with one attached hydrogen (secondary N) is 3. The number of nitrogens with zero attached hydrogens (tertiary/aromatic N) is 1. The van der Waals surface area contributed by atoms with Gasteiger partial charge in [-0.15, -0.1) is 0 Å². The molecule has 0 aromatic heterocycles. The van der Waals surface area contributed by atoms with Crippen molar-refractivity contribution in [1.29, 1.82) is 0 Å². The second-order valence-electron chi connectivity index (χ2n) is 5.85. The number of sulfonamides is 1. The number of hydrogen-bond acceptors (Lipinski definition) is 3. The van der Waals surface area contributed by atoms with E-state index in [0.717, 1.165) is 24.1 Å². The smallest absolute Gasteiger partial charge is 0.240 e. The molecule has 0 amide bonds. The molecule has 8 heteroatoms. The minimum atomic E-state index is -3.43. The molecule has 146 valence electrons. The minimum Gasteiger partial charge on any atom is -0.357 e. The lowest BCUT2D eigenvalue weighted by atomic mass is 10.1. The van der Waals surface area contributed by atoms with Gasteiger partial charge in [-0.25, -0.2) is 22.5 Å². The first-order chi connectivity index (χ1) is 12.9. The molecule has 0 bridgehead atoms. The Kier molecular flexibility index (Phi) is 7.75. The number of halogens is 1. The Morgan fingerprint density at radius 1 is 1.00 bits per heavy atom. The molecule has 0 saturated heterocycles. The minimum absolute atomic E-state index is 0.224. The van der Waals surface area contributed by atoms with Gasteiger partial charge in [0, 0.05) is 13.1 Å². The summed E-state index contributed by atoms with van der Waals surface area (Å²) in [7, 11) is -2.05. The van der Waals surface area contributed by atoms with Gasteiger partial charge < -0.3 is 10.6 Å². The van der Waals surface area contributed by atoms with Gasteiger partial charge in [0.05, 0.1) is 11.4 Å². The van der Waals surface area contributed by atoms with E-state index in [-0.39, 0.29) is 10.7 Å². The van der Waals surface area contributed by atoms with E-state index in [2.05, 4.69) is 20.3 Å². The molecule has 0 aliphatic carbocycles. The summed E-state index contributed by atoms with van der Waals surface area (Å²) in [6.45, 7) is 3.79. The normalized spacial score (nSPS) is 12.0. The zero-order chi connectivity index (χ0) is 19.7. The SMILES string of the molecule is CCNC(=NCc1ccc(S(=O)(=O)NC)cc1)NCCc1ccc(F)cc1. The lowest BCUT2D eigenvalue weighted by Crippen LogP contribution is -2.38. The van der Waals surface area contributed by atoms with Crippen molar-refractivity contribution in [2.24, 2.45) is 4.99 Å². The molecule has 0 aliphatic rings. The summed E-state index contributed by atoms with van der Waals surface area (Å²) >= 11 is 0. The van der Waals surface area contributed by atoms with Gasteiger partial charge in [-0.05, 0) is 55.8 Å². The van der Waals surface area contributed by atoms with E-state index in [0.29, 0.717) is 19.0 Å². The second-order valence-corrected chi connectivity index (χ2v) is 7.74. The van der Waals surface area contributed by atoms with Crippen molar-refractivity contribution in [3.8, 4) is 0 Å². The average molecular weight is 393 g/mol. The van der Waals surface area contributed by atoms with Crippen LogP contribution in [0.1, 0.15) is 18.1 Å². The number of hydrogen-bond donors (Lipinski definition) is 3. The standard InChI is InChI=1S/C19H25FN4O2S/c1-3-22-19(23-13-12-15-4-8-17(20)9-5-15)24-14-16-6-10-18(11-7-16)27(25,26)21-2/h4-11,21H,3,12-14H2,1-2H3,(H2,22,23,24). The van der Waals surface area contributed by atoms with Crippen LogP contribution in [0.4, 0.5) is 4.39 Å². The molecule has 2 aromatic carbocycles. The highest BCUT2D eigenvalue weighted by atomic mass is 32.2. The van der Waals surface area contributed by atoms with Crippen molar-refractivity contribution in [2.45, 2.75) is 24.8 Å². The van der Waals surface area contributed by atoms with Gasteiger partial charge in [-0.1, -0.05) is 24.3 Å². The highest BCUT2D eigenvalue weighted by molar-refractivity contribution is 7.89. The lowest BCUT2D eigenvalue weighted by Gasteiger charge is -2.11. The van der Waals surface area contributed by atoms with Crippen LogP contribution in [0.2, 0.25) is 0 Å². The summed E-state index contributed by atoms with van der Waals surface area (Å²) < 4.78 is 38.7. The van der Waals surface area contributed by atoms with Crippen LogP contribution in [0, 0.1) is 5.82 Å². The van der Waals surface area contributed by atoms with Crippen molar-refractivity contribution >= 4 is 16.0 Å². The summed E-state index contributed by atoms with van der Waals surface area (Å²) in [5, 5.41) is 6.40. The van der Waals surface area contributed by atoms with Crippen molar-refractivity contribution in [3.05, 3.63) is 65.5 Å². The van der Waals surface area contributed by atoms with E-state index in [1.165, 1.54) is 19.2 Å². The Labute approximate surface area is 160 Å². The summed E-state index contributed by atoms with van der Waals surface area (Å²) in [4.78, 5) is 4.73. The Hall–Kier alpha value is -2.45. The van der Waals surface area contributed by atoms with Gasteiger partial charge in [0.2, 0.25) is 10.0 Å². The molecule has 2 rings (SSSR count). The first kappa shape index (κ1) is 20.9. The Morgan fingerprint density at radius 2 is 1.63 bits per heavy atom. The summed E-state index contributed by atoms with van der Waals surface area (Å²) in [6.07, 6.45) is 0.751. The van der Waals surface area contributed by atoms with Gasteiger partial charge in [0.15, 0.2) is 5.96 Å². The number of rotatable bonds is 8. The molecule has 0 heterocycles. The molecule has 0 saturated carbocycles. The van der Waals surface area contributed by atoms with Crippen LogP contribution < -0.4 is 15.4 Å². The Bertz CT molecular complexity index is 850. The van der Waals surface area contributed by atoms with E-state index in [1.54, 1.807) is 36.4 Å². The molecule has 2 aromatic rings. The first-order valence-corrected chi connectivity index (χ1v) is 10.2. The second kappa shape index (κ2) is 10.0. The van der Waals surface area contributed by atoms with Crippen LogP contribution in [0.15, 0.2) is 58.4 Å². The molecule has 0 unspecified atom stereocenters. The van der Waals surface area contributed by atoms with E-state index in [1.807, 2.05) is 6.92 Å². The third-order valence-corrected chi connectivity index (χ3v) is 5.32. The number of aliphatic imine (C=N–C) groups is 1. The van der Waals surface area contributed by atoms with Gasteiger partial charge in [-0.3, -0.25) is 0 Å². The van der Waals surface area contributed by atoms with Crippen molar-refractivity contribution < 1.29 is 12.8 Å². The van der Waals surface area contributed by atoms with Gasteiger partial charge in [0.25, 0.3) is 0 Å². The fourth-order valence-corrected chi connectivity index (χ4v) is 3.11. The molecule has 3 N–H and O–H groups in total. The fraction of sp³-hybridized carbons (Fsp3) is 0.316. The van der Waals surface area contributed by atoms with Crippen LogP contribution in [0.5, 0.6) is 0 Å². The lowest BCUT2D eigenvalue weighted by molar-refractivity contribution is 0.588. The molecule has 0 fully saturated rings. The Balaban J connectivity index is 1.93. The van der Waals surface area contributed by atoms with Crippen LogP contribution in [0.3, 0.4) is 0 Å². The highest BCUT2D eigenvalue weighted by Crippen LogP contribution is 2.10. The van der Waals surface area contributed by atoms with Gasteiger partial charge in [-0.2, -0.15) is 0 Å². The third-order valence-electron chi connectivity index (χ3n) is 3.89. The fourth-order valence-electron chi connectivity index (χ4n) is 2.38. The molecule has 6 nitrogen and oxygen atoms in total. The maximum atomic E-state index is 12.9. The molecule has 0 atom stereocenters. The van der Waals surface area contributed by atoms with E-state index in [4.69, 9.17) is 0 Å². The predicted molar refractivity (Wildman–Crippen MR) is 106 cm³/mol. The first-order valence-electron chi connectivity index (χ1n) is 8.73. The third kappa shape index (κ3) is 6.65. The summed E-state index contributed by atoms with van der Waals surface area (Å²) in [6, 6.07) is 13.0. The van der Waals surface area contributed by atoms with E-state index < -0.39 is 10.0 Å². The maximum absolute atomic E-state index is 12.9. The molecule has 0 spiro atoms. The van der Waals surface area contributed by atoms with Gasteiger partial charge in [0.1, 0.15) is 5.82 Å². The van der Waals surface area contributed by atoms with Crippen molar-refractivity contribution in [3.63, 3.8) is 0 Å². The quantitative estimate of drug-likeness (QED) is 0.474. The summed E-state index contributed by atoms with van der Waals surface area (Å²) in [5.74, 6) is 0.432. The molecule has 27 heavy (non-hydrogen) atoms. The van der Waals surface area contributed by atoms with Crippen molar-refractivity contribution in [2.75, 3.05) is 20.1 Å². The number of guanidine groups is 1. The average Bonchev–Trinajstić information content (AvgIpc) is 2.68. The van der Waals surface area contributed by atoms with E-state index >= 15 is 0 Å². The molecular weight excluding hydrogens is 367 g/mol. The topological polar surface area (TPSA) is 82.6 Å². The zero-order valence-electron chi connectivity index (χ0n) is 15.5. The van der Waals surface area contributed by atoms with Crippen LogP contribution >= 0.6 is 0 Å². The molecule has 0 radical (unpaired) electrons. The monoisotopic (exact) mass is 392 g/mol. The van der Waals surface area contributed by atoms with Crippen LogP contribution in [-0.2, 0) is 23.0 Å². The predicted octanol–water partition coefficient (Wildman–Crippen LogP) is 2.03. The van der Waals surface area contributed by atoms with Crippen LogP contribution in [-0.4, -0.2) is 34.5 Å². The number of benzene rings is 2. The largest absolute Gasteiger partial charge is 0.357 e. The molecular formula is C19H25FN4O2S. The maximum Gasteiger partial charge on any atom is 0.240 e.